The van der Waals surface area contributed by atoms with Crippen molar-refractivity contribution < 1.29 is 26.3 Å². The van der Waals surface area contributed by atoms with Gasteiger partial charge < -0.3 is 0 Å². The van der Waals surface area contributed by atoms with Gasteiger partial charge in [0, 0.05) is 0 Å². The maximum atomic E-state index is 12.8. The zero-order valence-electron chi connectivity index (χ0n) is 15.2. The van der Waals surface area contributed by atoms with Crippen molar-refractivity contribution in [2.45, 2.75) is 12.4 Å². The molecular weight excluding hydrogens is 536 g/mol. The molecular formula is C22H14F6Se2. The molecule has 0 heterocycles. The fourth-order valence-electron chi connectivity index (χ4n) is 2.44. The van der Waals surface area contributed by atoms with Crippen molar-refractivity contribution in [3.8, 4) is 0 Å². The second-order valence-corrected chi connectivity index (χ2v) is 10.4. The summed E-state index contributed by atoms with van der Waals surface area (Å²) in [5, 5.41) is 0. The molecule has 0 N–H and O–H groups in total. The summed E-state index contributed by atoms with van der Waals surface area (Å²) in [6.45, 7) is 0. The van der Waals surface area contributed by atoms with Crippen molar-refractivity contribution in [1.82, 2.24) is 0 Å². The first kappa shape index (κ1) is 22.7. The van der Waals surface area contributed by atoms with E-state index < -0.39 is 23.5 Å². The van der Waals surface area contributed by atoms with E-state index in [2.05, 4.69) is 0 Å². The standard InChI is InChI=1S/C22H14F6Se2/c23-21(24,25)16-6-10-18(11-7-16)29-14-20(15-4-2-1-3-5-15)30-19-12-8-17(9-13-19)22(26,27)28/h1-14H/b20-14-. The van der Waals surface area contributed by atoms with Gasteiger partial charge in [0.25, 0.3) is 0 Å². The summed E-state index contributed by atoms with van der Waals surface area (Å²) in [6.07, 6.45) is -8.75. The van der Waals surface area contributed by atoms with Gasteiger partial charge in [-0.3, -0.25) is 0 Å². The molecule has 0 aliphatic carbocycles. The van der Waals surface area contributed by atoms with E-state index in [1.807, 2.05) is 35.3 Å². The number of rotatable bonds is 5. The Kier molecular flexibility index (Phi) is 7.14. The minimum atomic E-state index is -4.38. The fraction of sp³-hybridized carbons (Fsp3) is 0.0909. The predicted molar refractivity (Wildman–Crippen MR) is 108 cm³/mol. The summed E-state index contributed by atoms with van der Waals surface area (Å²) < 4.78 is 79.1. The van der Waals surface area contributed by atoms with Crippen LogP contribution in [-0.2, 0) is 12.4 Å². The van der Waals surface area contributed by atoms with Crippen LogP contribution in [0.5, 0.6) is 0 Å². The third kappa shape index (κ3) is 6.26. The van der Waals surface area contributed by atoms with Gasteiger partial charge in [-0.15, -0.1) is 0 Å². The van der Waals surface area contributed by atoms with E-state index in [-0.39, 0.29) is 29.9 Å². The Labute approximate surface area is 182 Å². The van der Waals surface area contributed by atoms with Crippen molar-refractivity contribution in [3.63, 3.8) is 0 Å². The Balaban J connectivity index is 1.83. The first-order valence-corrected chi connectivity index (χ1v) is 12.1. The maximum absolute atomic E-state index is 12.8. The molecule has 0 aliphatic rings. The van der Waals surface area contributed by atoms with E-state index in [9.17, 15) is 26.3 Å². The van der Waals surface area contributed by atoms with Gasteiger partial charge in [0.15, 0.2) is 0 Å². The topological polar surface area (TPSA) is 0 Å². The summed E-state index contributed by atoms with van der Waals surface area (Å²) in [5.74, 6) is 0. The van der Waals surface area contributed by atoms with E-state index >= 15 is 0 Å². The van der Waals surface area contributed by atoms with Gasteiger partial charge in [0.2, 0.25) is 0 Å². The second-order valence-electron chi connectivity index (χ2n) is 6.11. The molecule has 0 fully saturated rings. The number of hydrogen-bond acceptors (Lipinski definition) is 0. The molecule has 3 rings (SSSR count). The third-order valence-electron chi connectivity index (χ3n) is 3.95. The van der Waals surface area contributed by atoms with Crippen LogP contribution in [0.25, 0.3) is 4.47 Å². The zero-order valence-corrected chi connectivity index (χ0v) is 18.6. The zero-order chi connectivity index (χ0) is 21.8. The van der Waals surface area contributed by atoms with Gasteiger partial charge >= 0.3 is 183 Å². The first-order chi connectivity index (χ1) is 14.1. The summed E-state index contributed by atoms with van der Waals surface area (Å²) in [4.78, 5) is 1.99. The molecule has 3 aromatic carbocycles. The van der Waals surface area contributed by atoms with Gasteiger partial charge in [0.05, 0.1) is 0 Å². The van der Waals surface area contributed by atoms with Crippen LogP contribution in [-0.4, -0.2) is 29.9 Å². The van der Waals surface area contributed by atoms with Gasteiger partial charge in [-0.05, 0) is 0 Å². The normalized spacial score (nSPS) is 12.8. The van der Waals surface area contributed by atoms with E-state index in [1.54, 1.807) is 0 Å². The van der Waals surface area contributed by atoms with Crippen molar-refractivity contribution in [3.05, 3.63) is 101 Å². The van der Waals surface area contributed by atoms with Gasteiger partial charge in [-0.1, -0.05) is 0 Å². The van der Waals surface area contributed by atoms with Crippen molar-refractivity contribution in [2.24, 2.45) is 0 Å². The number of hydrogen-bond donors (Lipinski definition) is 0. The van der Waals surface area contributed by atoms with E-state index in [0.29, 0.717) is 0 Å². The molecule has 156 valence electrons. The van der Waals surface area contributed by atoms with Gasteiger partial charge in [-0.2, -0.15) is 0 Å². The molecule has 0 atom stereocenters. The number of halogens is 6. The molecule has 0 aromatic heterocycles. The fourth-order valence-corrected chi connectivity index (χ4v) is 6.63. The number of alkyl halides is 6. The Morgan fingerprint density at radius 2 is 1.07 bits per heavy atom. The molecule has 3 aromatic rings. The van der Waals surface area contributed by atoms with Crippen molar-refractivity contribution >= 4 is 43.3 Å². The molecule has 0 saturated heterocycles. The monoisotopic (exact) mass is 552 g/mol. The Hall–Kier alpha value is -1.98. The molecule has 0 aliphatic heterocycles. The van der Waals surface area contributed by atoms with E-state index in [1.165, 1.54) is 24.3 Å². The van der Waals surface area contributed by atoms with Crippen LogP contribution in [0, 0.1) is 0 Å². The summed E-state index contributed by atoms with van der Waals surface area (Å²) in [7, 11) is 0. The molecule has 30 heavy (non-hydrogen) atoms. The van der Waals surface area contributed by atoms with Crippen molar-refractivity contribution in [2.75, 3.05) is 0 Å². The summed E-state index contributed by atoms with van der Waals surface area (Å²) in [5.41, 5.74) is -0.435. The molecule has 0 spiro atoms. The van der Waals surface area contributed by atoms with E-state index in [4.69, 9.17) is 0 Å². The Morgan fingerprint density at radius 3 is 1.53 bits per heavy atom. The van der Waals surface area contributed by atoms with Crippen molar-refractivity contribution in [1.29, 1.82) is 0 Å². The molecule has 8 heteroatoms. The summed E-state index contributed by atoms with van der Waals surface area (Å²) >= 11 is -0.470. The predicted octanol–water partition coefficient (Wildman–Crippen LogP) is 5.08. The average Bonchev–Trinajstić information content (AvgIpc) is 2.71. The third-order valence-corrected chi connectivity index (χ3v) is 8.86. The quantitative estimate of drug-likeness (QED) is 0.307. The van der Waals surface area contributed by atoms with Crippen LogP contribution in [0.1, 0.15) is 16.7 Å². The Bertz CT molecular complexity index is 989. The minimum absolute atomic E-state index is 0.219. The van der Waals surface area contributed by atoms with Crippen LogP contribution in [0.15, 0.2) is 83.8 Å². The Morgan fingerprint density at radius 1 is 0.600 bits per heavy atom. The summed E-state index contributed by atoms with van der Waals surface area (Å²) in [6, 6.07) is 19.6. The van der Waals surface area contributed by atoms with Gasteiger partial charge in [0.1, 0.15) is 0 Å². The molecule has 0 unspecified atom stereocenters. The van der Waals surface area contributed by atoms with E-state index in [0.717, 1.165) is 43.2 Å². The van der Waals surface area contributed by atoms with Crippen LogP contribution in [0.2, 0.25) is 0 Å². The molecule has 0 bridgehead atoms. The molecule has 0 nitrogen and oxygen atoms in total. The van der Waals surface area contributed by atoms with Crippen LogP contribution in [0.3, 0.4) is 0 Å². The SMILES string of the molecule is FC(F)(F)c1ccc([Se]/C=C(\[Se]c2ccc(C(F)(F)F)cc2)c2ccccc2)cc1. The molecule has 0 saturated carbocycles. The second kappa shape index (κ2) is 9.44. The van der Waals surface area contributed by atoms with Crippen LogP contribution < -0.4 is 8.92 Å². The molecule has 0 amide bonds. The first-order valence-electron chi connectivity index (χ1n) is 8.57. The van der Waals surface area contributed by atoms with Crippen LogP contribution in [0.4, 0.5) is 26.3 Å². The van der Waals surface area contributed by atoms with Crippen LogP contribution >= 0.6 is 0 Å². The van der Waals surface area contributed by atoms with Gasteiger partial charge in [-0.25, -0.2) is 0 Å². The average molecular weight is 550 g/mol. The molecule has 0 radical (unpaired) electrons. The number of benzene rings is 3.